The van der Waals surface area contributed by atoms with Gasteiger partial charge in [0, 0.05) is 22.1 Å². The standard InChI is InChI=1S/C21H18BrFN2O4S/c1-29-20-8-3-2-7-19(20)25-30(27,28)17-6-4-5-14(12-17)21(26)24-13-15-11-16(22)9-10-18(15)23/h2-12,25H,13H2,1H3,(H,24,26). The van der Waals surface area contributed by atoms with E-state index in [2.05, 4.69) is 26.0 Å². The summed E-state index contributed by atoms with van der Waals surface area (Å²) in [5.41, 5.74) is 0.715. The van der Waals surface area contributed by atoms with E-state index >= 15 is 0 Å². The van der Waals surface area contributed by atoms with Crippen LogP contribution in [0.15, 0.2) is 76.1 Å². The number of amides is 1. The second-order valence-corrected chi connectivity index (χ2v) is 8.85. The molecule has 9 heteroatoms. The molecule has 0 aliphatic carbocycles. The Labute approximate surface area is 182 Å². The smallest absolute Gasteiger partial charge is 0.262 e. The van der Waals surface area contributed by atoms with Gasteiger partial charge in [-0.15, -0.1) is 0 Å². The van der Waals surface area contributed by atoms with Crippen molar-refractivity contribution in [1.29, 1.82) is 0 Å². The Morgan fingerprint density at radius 3 is 2.60 bits per heavy atom. The summed E-state index contributed by atoms with van der Waals surface area (Å²) in [6.45, 7) is -0.0411. The van der Waals surface area contributed by atoms with Gasteiger partial charge in [-0.05, 0) is 48.5 Å². The summed E-state index contributed by atoms with van der Waals surface area (Å²) in [7, 11) is -2.52. The molecule has 0 fully saturated rings. The molecule has 0 saturated carbocycles. The second kappa shape index (κ2) is 9.27. The number of carbonyl (C=O) groups excluding carboxylic acids is 1. The number of anilines is 1. The number of benzene rings is 3. The molecule has 0 aromatic heterocycles. The van der Waals surface area contributed by atoms with E-state index in [-0.39, 0.29) is 22.7 Å². The number of halogens is 2. The Morgan fingerprint density at radius 2 is 1.83 bits per heavy atom. The Morgan fingerprint density at radius 1 is 1.07 bits per heavy atom. The van der Waals surface area contributed by atoms with Crippen LogP contribution in [0.3, 0.4) is 0 Å². The molecule has 3 rings (SSSR count). The fourth-order valence-electron chi connectivity index (χ4n) is 2.69. The second-order valence-electron chi connectivity index (χ2n) is 6.25. The molecule has 0 saturated heterocycles. The zero-order valence-electron chi connectivity index (χ0n) is 15.9. The van der Waals surface area contributed by atoms with Crippen LogP contribution in [0.1, 0.15) is 15.9 Å². The first-order valence-corrected chi connectivity index (χ1v) is 11.1. The van der Waals surface area contributed by atoms with Crippen LogP contribution in [0.25, 0.3) is 0 Å². The molecule has 3 aromatic carbocycles. The van der Waals surface area contributed by atoms with E-state index < -0.39 is 21.7 Å². The lowest BCUT2D eigenvalue weighted by molar-refractivity contribution is 0.0950. The number of ether oxygens (including phenoxy) is 1. The van der Waals surface area contributed by atoms with Crippen LogP contribution in [0.5, 0.6) is 5.75 Å². The summed E-state index contributed by atoms with van der Waals surface area (Å²) in [6, 6.07) is 16.6. The molecule has 0 aliphatic rings. The summed E-state index contributed by atoms with van der Waals surface area (Å²) >= 11 is 3.26. The van der Waals surface area contributed by atoms with E-state index in [1.54, 1.807) is 36.4 Å². The summed E-state index contributed by atoms with van der Waals surface area (Å²) in [6.07, 6.45) is 0. The van der Waals surface area contributed by atoms with E-state index in [1.807, 2.05) is 0 Å². The highest BCUT2D eigenvalue weighted by atomic mass is 79.9. The molecule has 0 radical (unpaired) electrons. The Balaban J connectivity index is 1.77. The molecule has 0 bridgehead atoms. The zero-order chi connectivity index (χ0) is 21.7. The fraction of sp³-hybridized carbons (Fsp3) is 0.0952. The molecular formula is C21H18BrFN2O4S. The van der Waals surface area contributed by atoms with Crippen LogP contribution in [-0.2, 0) is 16.6 Å². The van der Waals surface area contributed by atoms with Gasteiger partial charge in [0.2, 0.25) is 0 Å². The van der Waals surface area contributed by atoms with Crippen molar-refractivity contribution < 1.29 is 22.3 Å². The maximum absolute atomic E-state index is 13.8. The molecule has 0 unspecified atom stereocenters. The molecule has 156 valence electrons. The normalized spacial score (nSPS) is 11.0. The average Bonchev–Trinajstić information content (AvgIpc) is 2.74. The van der Waals surface area contributed by atoms with Crippen molar-refractivity contribution in [2.75, 3.05) is 11.8 Å². The molecule has 6 nitrogen and oxygen atoms in total. The van der Waals surface area contributed by atoms with Crippen LogP contribution >= 0.6 is 15.9 Å². The van der Waals surface area contributed by atoms with Crippen LogP contribution in [0.2, 0.25) is 0 Å². The Bertz CT molecular complexity index is 1190. The van der Waals surface area contributed by atoms with Gasteiger partial charge in [0.15, 0.2) is 0 Å². The van der Waals surface area contributed by atoms with Gasteiger partial charge in [-0.1, -0.05) is 34.1 Å². The maximum Gasteiger partial charge on any atom is 0.262 e. The van der Waals surface area contributed by atoms with Gasteiger partial charge >= 0.3 is 0 Å². The third-order valence-electron chi connectivity index (χ3n) is 4.20. The van der Waals surface area contributed by atoms with Crippen molar-refractivity contribution in [3.8, 4) is 5.75 Å². The van der Waals surface area contributed by atoms with Gasteiger partial charge in [0.25, 0.3) is 15.9 Å². The van der Waals surface area contributed by atoms with E-state index in [4.69, 9.17) is 4.74 Å². The van der Waals surface area contributed by atoms with Crippen LogP contribution in [0, 0.1) is 5.82 Å². The predicted molar refractivity (Wildman–Crippen MR) is 116 cm³/mol. The largest absolute Gasteiger partial charge is 0.495 e. The molecule has 2 N–H and O–H groups in total. The van der Waals surface area contributed by atoms with Crippen molar-refractivity contribution >= 4 is 37.5 Å². The fourth-order valence-corrected chi connectivity index (χ4v) is 4.22. The number of hydrogen-bond donors (Lipinski definition) is 2. The van der Waals surface area contributed by atoms with Gasteiger partial charge in [-0.25, -0.2) is 12.8 Å². The first kappa shape index (κ1) is 21.8. The van der Waals surface area contributed by atoms with Crippen LogP contribution in [-0.4, -0.2) is 21.4 Å². The Kier molecular flexibility index (Phi) is 6.73. The number of carbonyl (C=O) groups is 1. The minimum Gasteiger partial charge on any atom is -0.495 e. The molecule has 0 spiro atoms. The molecule has 0 atom stereocenters. The summed E-state index contributed by atoms with van der Waals surface area (Å²) in [4.78, 5) is 12.4. The minimum atomic E-state index is -3.96. The lowest BCUT2D eigenvalue weighted by Crippen LogP contribution is -2.24. The molecule has 3 aromatic rings. The quantitative estimate of drug-likeness (QED) is 0.514. The van der Waals surface area contributed by atoms with E-state index in [9.17, 15) is 17.6 Å². The lowest BCUT2D eigenvalue weighted by atomic mass is 10.2. The van der Waals surface area contributed by atoms with Gasteiger partial charge in [-0.3, -0.25) is 9.52 Å². The van der Waals surface area contributed by atoms with Crippen LogP contribution < -0.4 is 14.8 Å². The van der Waals surface area contributed by atoms with Crippen LogP contribution in [0.4, 0.5) is 10.1 Å². The number of rotatable bonds is 7. The molecule has 30 heavy (non-hydrogen) atoms. The summed E-state index contributed by atoms with van der Waals surface area (Å²) < 4.78 is 47.6. The summed E-state index contributed by atoms with van der Waals surface area (Å²) in [5, 5.41) is 2.59. The highest BCUT2D eigenvalue weighted by Crippen LogP contribution is 2.26. The van der Waals surface area contributed by atoms with Crippen molar-refractivity contribution in [2.24, 2.45) is 0 Å². The van der Waals surface area contributed by atoms with E-state index in [0.29, 0.717) is 15.8 Å². The predicted octanol–water partition coefficient (Wildman–Crippen LogP) is 4.33. The van der Waals surface area contributed by atoms with Gasteiger partial charge in [-0.2, -0.15) is 0 Å². The number of hydrogen-bond acceptors (Lipinski definition) is 4. The van der Waals surface area contributed by atoms with Gasteiger partial charge in [0.1, 0.15) is 11.6 Å². The minimum absolute atomic E-state index is 0.0411. The average molecular weight is 493 g/mol. The zero-order valence-corrected chi connectivity index (χ0v) is 18.3. The summed E-state index contributed by atoms with van der Waals surface area (Å²) in [5.74, 6) is -0.606. The van der Waals surface area contributed by atoms with Crippen molar-refractivity contribution in [1.82, 2.24) is 5.32 Å². The number of para-hydroxylation sites is 2. The van der Waals surface area contributed by atoms with E-state index in [1.165, 1.54) is 37.4 Å². The molecular weight excluding hydrogens is 475 g/mol. The van der Waals surface area contributed by atoms with Gasteiger partial charge in [0.05, 0.1) is 17.7 Å². The highest BCUT2D eigenvalue weighted by Gasteiger charge is 2.18. The first-order valence-electron chi connectivity index (χ1n) is 8.78. The number of sulfonamides is 1. The van der Waals surface area contributed by atoms with Gasteiger partial charge < -0.3 is 10.1 Å². The first-order chi connectivity index (χ1) is 14.3. The molecule has 0 aliphatic heterocycles. The third-order valence-corrected chi connectivity index (χ3v) is 6.06. The molecule has 0 heterocycles. The SMILES string of the molecule is COc1ccccc1NS(=O)(=O)c1cccc(C(=O)NCc2cc(Br)ccc2F)c1. The third kappa shape index (κ3) is 5.17. The topological polar surface area (TPSA) is 84.5 Å². The van der Waals surface area contributed by atoms with Crippen molar-refractivity contribution in [3.63, 3.8) is 0 Å². The number of methoxy groups -OCH3 is 1. The van der Waals surface area contributed by atoms with Crippen molar-refractivity contribution in [3.05, 3.63) is 88.1 Å². The molecule has 1 amide bonds. The Hall–Kier alpha value is -2.91. The number of nitrogens with one attached hydrogen (secondary N) is 2. The van der Waals surface area contributed by atoms with Crippen molar-refractivity contribution in [2.45, 2.75) is 11.4 Å². The lowest BCUT2D eigenvalue weighted by Gasteiger charge is -2.12. The highest BCUT2D eigenvalue weighted by molar-refractivity contribution is 9.10. The van der Waals surface area contributed by atoms with E-state index in [0.717, 1.165) is 0 Å². The maximum atomic E-state index is 13.8. The monoisotopic (exact) mass is 492 g/mol.